The Kier molecular flexibility index (Phi) is 3.99. The lowest BCUT2D eigenvalue weighted by Crippen LogP contribution is -2.23. The van der Waals surface area contributed by atoms with Gasteiger partial charge >= 0.3 is 0 Å². The van der Waals surface area contributed by atoms with Crippen LogP contribution in [0, 0.1) is 0 Å². The van der Waals surface area contributed by atoms with Crippen LogP contribution in [0.2, 0.25) is 0 Å². The van der Waals surface area contributed by atoms with E-state index in [9.17, 15) is 4.79 Å². The summed E-state index contributed by atoms with van der Waals surface area (Å²) in [5.41, 5.74) is 2.82. The highest BCUT2D eigenvalue weighted by Crippen LogP contribution is 2.26. The molecule has 0 saturated heterocycles. The van der Waals surface area contributed by atoms with Gasteiger partial charge in [-0.2, -0.15) is 5.10 Å². The van der Waals surface area contributed by atoms with E-state index in [2.05, 4.69) is 48.5 Å². The molecule has 0 N–H and O–H groups in total. The van der Waals surface area contributed by atoms with Crippen molar-refractivity contribution in [3.05, 3.63) is 113 Å². The standard InChI is InChI=1S/C25H18N2O/c28-25-16-15-24(23-14-6-10-19-8-2-4-13-22(19)23)26-27(25)17-20-11-5-9-18-7-1-3-12-21(18)20/h1-16H,17H2. The third-order valence-corrected chi connectivity index (χ3v) is 5.13. The Morgan fingerprint density at radius 2 is 1.29 bits per heavy atom. The number of rotatable bonds is 3. The molecule has 3 heteroatoms. The number of fused-ring (bicyclic) bond motifs is 2. The first-order chi connectivity index (χ1) is 13.8. The maximum absolute atomic E-state index is 12.5. The number of hydrogen-bond acceptors (Lipinski definition) is 2. The molecule has 1 heterocycles. The molecule has 0 fully saturated rings. The Morgan fingerprint density at radius 3 is 2.11 bits per heavy atom. The SMILES string of the molecule is O=c1ccc(-c2cccc3ccccc23)nn1Cc1cccc2ccccc12. The molecule has 5 aromatic rings. The monoisotopic (exact) mass is 362 g/mol. The highest BCUT2D eigenvalue weighted by molar-refractivity contribution is 5.95. The van der Waals surface area contributed by atoms with Gasteiger partial charge in [0.25, 0.3) is 5.56 Å². The van der Waals surface area contributed by atoms with E-state index in [0.29, 0.717) is 6.54 Å². The minimum absolute atomic E-state index is 0.100. The van der Waals surface area contributed by atoms with Crippen LogP contribution < -0.4 is 5.56 Å². The lowest BCUT2D eigenvalue weighted by molar-refractivity contribution is 0.645. The summed E-state index contributed by atoms with van der Waals surface area (Å²) < 4.78 is 1.55. The van der Waals surface area contributed by atoms with Crippen molar-refractivity contribution in [1.29, 1.82) is 0 Å². The second kappa shape index (κ2) is 6.78. The van der Waals surface area contributed by atoms with Crippen LogP contribution in [-0.2, 0) is 6.54 Å². The molecule has 0 aliphatic heterocycles. The summed E-state index contributed by atoms with van der Waals surface area (Å²) in [6.07, 6.45) is 0. The minimum atomic E-state index is -0.100. The average Bonchev–Trinajstić information content (AvgIpc) is 2.75. The second-order valence-corrected chi connectivity index (χ2v) is 6.88. The van der Waals surface area contributed by atoms with E-state index >= 15 is 0 Å². The van der Waals surface area contributed by atoms with Gasteiger partial charge in [0, 0.05) is 11.6 Å². The fourth-order valence-corrected chi connectivity index (χ4v) is 3.75. The summed E-state index contributed by atoms with van der Waals surface area (Å²) in [6, 6.07) is 32.2. The van der Waals surface area contributed by atoms with Crippen LogP contribution >= 0.6 is 0 Å². The van der Waals surface area contributed by atoms with Gasteiger partial charge in [0.1, 0.15) is 0 Å². The van der Waals surface area contributed by atoms with Gasteiger partial charge in [-0.3, -0.25) is 4.79 Å². The molecule has 0 bridgehead atoms. The summed E-state index contributed by atoms with van der Waals surface area (Å²) in [7, 11) is 0. The van der Waals surface area contributed by atoms with Gasteiger partial charge < -0.3 is 0 Å². The van der Waals surface area contributed by atoms with Crippen molar-refractivity contribution in [2.45, 2.75) is 6.54 Å². The second-order valence-electron chi connectivity index (χ2n) is 6.88. The fraction of sp³-hybridized carbons (Fsp3) is 0.0400. The van der Waals surface area contributed by atoms with Crippen LogP contribution in [0.1, 0.15) is 5.56 Å². The van der Waals surface area contributed by atoms with E-state index in [4.69, 9.17) is 5.10 Å². The number of nitrogens with zero attached hydrogens (tertiary/aromatic N) is 2. The summed E-state index contributed by atoms with van der Waals surface area (Å²) in [5, 5.41) is 9.30. The van der Waals surface area contributed by atoms with Crippen LogP contribution in [-0.4, -0.2) is 9.78 Å². The normalized spacial score (nSPS) is 11.1. The Labute approximate surface area is 162 Å². The zero-order valence-corrected chi connectivity index (χ0v) is 15.2. The van der Waals surface area contributed by atoms with E-state index in [1.165, 1.54) is 5.39 Å². The van der Waals surface area contributed by atoms with Crippen molar-refractivity contribution < 1.29 is 0 Å². The van der Waals surface area contributed by atoms with Gasteiger partial charge in [-0.05, 0) is 33.2 Å². The molecular formula is C25H18N2O. The van der Waals surface area contributed by atoms with Crippen molar-refractivity contribution in [3.63, 3.8) is 0 Å². The van der Waals surface area contributed by atoms with Crippen molar-refractivity contribution in [2.24, 2.45) is 0 Å². The van der Waals surface area contributed by atoms with Gasteiger partial charge in [0.2, 0.25) is 0 Å². The number of benzene rings is 4. The molecule has 4 aromatic carbocycles. The zero-order chi connectivity index (χ0) is 18.9. The number of aromatic nitrogens is 2. The van der Waals surface area contributed by atoms with Crippen LogP contribution in [0.3, 0.4) is 0 Å². The van der Waals surface area contributed by atoms with Crippen LogP contribution in [0.5, 0.6) is 0 Å². The third kappa shape index (κ3) is 2.87. The summed E-state index contributed by atoms with van der Waals surface area (Å²) in [6.45, 7) is 0.443. The van der Waals surface area contributed by atoms with Crippen LogP contribution in [0.25, 0.3) is 32.8 Å². The Bertz CT molecular complexity index is 1360. The summed E-state index contributed by atoms with van der Waals surface area (Å²) >= 11 is 0. The van der Waals surface area contributed by atoms with E-state index < -0.39 is 0 Å². The lowest BCUT2D eigenvalue weighted by atomic mass is 10.0. The van der Waals surface area contributed by atoms with E-state index in [0.717, 1.165) is 33.0 Å². The Hall–Kier alpha value is -3.72. The molecule has 28 heavy (non-hydrogen) atoms. The molecule has 3 nitrogen and oxygen atoms in total. The van der Waals surface area contributed by atoms with Gasteiger partial charge in [0.15, 0.2) is 0 Å². The van der Waals surface area contributed by atoms with Crippen molar-refractivity contribution in [1.82, 2.24) is 9.78 Å². The van der Waals surface area contributed by atoms with Crippen LogP contribution in [0.15, 0.2) is 102 Å². The predicted octanol–water partition coefficient (Wildman–Crippen LogP) is 5.27. The average molecular weight is 362 g/mol. The molecule has 0 aliphatic carbocycles. The molecular weight excluding hydrogens is 344 g/mol. The Morgan fingerprint density at radius 1 is 0.643 bits per heavy atom. The smallest absolute Gasteiger partial charge is 0.267 e. The van der Waals surface area contributed by atoms with Crippen molar-refractivity contribution in [2.75, 3.05) is 0 Å². The van der Waals surface area contributed by atoms with Crippen molar-refractivity contribution >= 4 is 21.5 Å². The first-order valence-corrected chi connectivity index (χ1v) is 9.32. The lowest BCUT2D eigenvalue weighted by Gasteiger charge is -2.11. The van der Waals surface area contributed by atoms with Gasteiger partial charge in [-0.15, -0.1) is 0 Å². The van der Waals surface area contributed by atoms with E-state index in [1.807, 2.05) is 42.5 Å². The first-order valence-electron chi connectivity index (χ1n) is 9.32. The summed E-state index contributed by atoms with van der Waals surface area (Å²) in [4.78, 5) is 12.5. The first kappa shape index (κ1) is 16.5. The van der Waals surface area contributed by atoms with Gasteiger partial charge in [0.05, 0.1) is 12.2 Å². The van der Waals surface area contributed by atoms with E-state index in [-0.39, 0.29) is 5.56 Å². The maximum atomic E-state index is 12.5. The topological polar surface area (TPSA) is 34.9 Å². The maximum Gasteiger partial charge on any atom is 0.267 e. The molecule has 0 saturated carbocycles. The third-order valence-electron chi connectivity index (χ3n) is 5.13. The molecule has 0 spiro atoms. The number of hydrogen-bond donors (Lipinski definition) is 0. The molecule has 5 rings (SSSR count). The molecule has 0 unspecified atom stereocenters. The predicted molar refractivity (Wildman–Crippen MR) is 114 cm³/mol. The molecule has 134 valence electrons. The fourth-order valence-electron chi connectivity index (χ4n) is 3.75. The molecule has 1 aromatic heterocycles. The molecule has 0 atom stereocenters. The van der Waals surface area contributed by atoms with E-state index in [1.54, 1.807) is 10.7 Å². The molecule has 0 radical (unpaired) electrons. The minimum Gasteiger partial charge on any atom is -0.268 e. The highest BCUT2D eigenvalue weighted by Gasteiger charge is 2.09. The largest absolute Gasteiger partial charge is 0.268 e. The quantitative estimate of drug-likeness (QED) is 0.438. The highest BCUT2D eigenvalue weighted by atomic mass is 16.1. The Balaban J connectivity index is 1.63. The van der Waals surface area contributed by atoms with Gasteiger partial charge in [-0.25, -0.2) is 4.68 Å². The zero-order valence-electron chi connectivity index (χ0n) is 15.2. The molecule has 0 amide bonds. The molecule has 0 aliphatic rings. The van der Waals surface area contributed by atoms with Gasteiger partial charge in [-0.1, -0.05) is 84.9 Å². The summed E-state index contributed by atoms with van der Waals surface area (Å²) in [5.74, 6) is 0. The van der Waals surface area contributed by atoms with Crippen LogP contribution in [0.4, 0.5) is 0 Å². The van der Waals surface area contributed by atoms with Crippen molar-refractivity contribution in [3.8, 4) is 11.3 Å².